The maximum Gasteiger partial charge on any atom is 0.127 e. The van der Waals surface area contributed by atoms with Crippen molar-refractivity contribution in [2.75, 3.05) is 7.11 Å². The molecule has 0 radical (unpaired) electrons. The molecule has 18 heavy (non-hydrogen) atoms. The van der Waals surface area contributed by atoms with Crippen LogP contribution >= 0.6 is 0 Å². The fraction of sp³-hybridized carbons (Fsp3) is 0.357. The van der Waals surface area contributed by atoms with Gasteiger partial charge in [-0.15, -0.1) is 0 Å². The van der Waals surface area contributed by atoms with E-state index in [0.29, 0.717) is 11.7 Å². The molecule has 1 saturated carbocycles. The summed E-state index contributed by atoms with van der Waals surface area (Å²) in [7, 11) is 1.60. The minimum absolute atomic E-state index is 0.256. The average Bonchev–Trinajstić information content (AvgIpc) is 3.13. The molecule has 3 nitrogen and oxygen atoms in total. The predicted molar refractivity (Wildman–Crippen MR) is 67.2 cm³/mol. The van der Waals surface area contributed by atoms with Crippen molar-refractivity contribution in [1.29, 1.82) is 0 Å². The molecule has 3 rings (SSSR count). The second-order valence-corrected chi connectivity index (χ2v) is 4.73. The number of aryl methyl sites for hydroxylation is 1. The van der Waals surface area contributed by atoms with Crippen LogP contribution in [0.5, 0.6) is 5.75 Å². The maximum atomic E-state index is 13.5. The molecule has 1 fully saturated rings. The van der Waals surface area contributed by atoms with Gasteiger partial charge in [-0.3, -0.25) is 5.10 Å². The van der Waals surface area contributed by atoms with E-state index < -0.39 is 0 Å². The van der Waals surface area contributed by atoms with Gasteiger partial charge in [0.2, 0.25) is 0 Å². The van der Waals surface area contributed by atoms with E-state index >= 15 is 0 Å². The number of hydrogen-bond acceptors (Lipinski definition) is 2. The van der Waals surface area contributed by atoms with E-state index in [-0.39, 0.29) is 5.82 Å². The van der Waals surface area contributed by atoms with Crippen LogP contribution in [0.4, 0.5) is 4.39 Å². The molecule has 0 aliphatic heterocycles. The van der Waals surface area contributed by atoms with Crippen LogP contribution in [0.1, 0.15) is 30.1 Å². The zero-order valence-electron chi connectivity index (χ0n) is 10.5. The quantitative estimate of drug-likeness (QED) is 0.901. The van der Waals surface area contributed by atoms with E-state index in [1.165, 1.54) is 12.1 Å². The fourth-order valence-corrected chi connectivity index (χ4v) is 2.32. The highest BCUT2D eigenvalue weighted by atomic mass is 19.1. The van der Waals surface area contributed by atoms with E-state index in [0.717, 1.165) is 35.4 Å². The number of aromatic amines is 1. The number of nitrogens with zero attached hydrogens (tertiary/aromatic N) is 1. The Morgan fingerprint density at radius 3 is 2.83 bits per heavy atom. The molecule has 1 aliphatic rings. The smallest absolute Gasteiger partial charge is 0.127 e. The first-order valence-electron chi connectivity index (χ1n) is 6.09. The average molecular weight is 246 g/mol. The molecule has 0 unspecified atom stereocenters. The van der Waals surface area contributed by atoms with Crippen LogP contribution in [0.2, 0.25) is 0 Å². The normalized spacial score (nSPS) is 14.8. The lowest BCUT2D eigenvalue weighted by atomic mass is 10.00. The van der Waals surface area contributed by atoms with Crippen molar-refractivity contribution in [2.24, 2.45) is 0 Å². The summed E-state index contributed by atoms with van der Waals surface area (Å²) in [5, 5.41) is 7.36. The van der Waals surface area contributed by atoms with Crippen LogP contribution in [-0.2, 0) is 0 Å². The molecule has 1 N–H and O–H groups in total. The molecule has 1 heterocycles. The number of benzene rings is 1. The summed E-state index contributed by atoms with van der Waals surface area (Å²) < 4.78 is 18.8. The first-order valence-corrected chi connectivity index (χ1v) is 6.09. The van der Waals surface area contributed by atoms with Gasteiger partial charge in [0.25, 0.3) is 0 Å². The molecule has 1 aliphatic carbocycles. The Hall–Kier alpha value is -1.84. The summed E-state index contributed by atoms with van der Waals surface area (Å²) in [5.41, 5.74) is 3.77. The van der Waals surface area contributed by atoms with Gasteiger partial charge in [0.1, 0.15) is 11.6 Å². The number of methoxy groups -OCH3 is 1. The molecule has 1 aromatic carbocycles. The van der Waals surface area contributed by atoms with E-state index in [1.54, 1.807) is 13.2 Å². The summed E-state index contributed by atoms with van der Waals surface area (Å²) in [6.45, 7) is 1.96. The molecule has 2 aromatic rings. The minimum Gasteiger partial charge on any atom is -0.496 e. The highest BCUT2D eigenvalue weighted by Crippen LogP contribution is 2.46. The Bertz CT molecular complexity index is 587. The Morgan fingerprint density at radius 1 is 1.39 bits per heavy atom. The third-order valence-electron chi connectivity index (χ3n) is 3.37. The molecular weight excluding hydrogens is 231 g/mol. The van der Waals surface area contributed by atoms with Crippen molar-refractivity contribution in [3.8, 4) is 16.9 Å². The lowest BCUT2D eigenvalue weighted by Gasteiger charge is -2.09. The molecule has 0 amide bonds. The molecule has 0 saturated heterocycles. The van der Waals surface area contributed by atoms with Crippen LogP contribution in [0.25, 0.3) is 11.1 Å². The molecule has 94 valence electrons. The Labute approximate surface area is 105 Å². The van der Waals surface area contributed by atoms with Gasteiger partial charge >= 0.3 is 0 Å². The monoisotopic (exact) mass is 246 g/mol. The third-order valence-corrected chi connectivity index (χ3v) is 3.37. The van der Waals surface area contributed by atoms with E-state index in [2.05, 4.69) is 10.2 Å². The standard InChI is InChI=1S/C14H15FN2O/c1-8-13(14(17-16-8)9-3-4-9)11-7-10(15)5-6-12(11)18-2/h5-7,9H,3-4H2,1-2H3,(H,16,17). The first kappa shape index (κ1) is 11.3. The number of hydrogen-bond donors (Lipinski definition) is 1. The summed E-state index contributed by atoms with van der Waals surface area (Å²) in [6, 6.07) is 4.59. The topological polar surface area (TPSA) is 37.9 Å². The van der Waals surface area contributed by atoms with Gasteiger partial charge in [-0.1, -0.05) is 0 Å². The second-order valence-electron chi connectivity index (χ2n) is 4.73. The SMILES string of the molecule is COc1ccc(F)cc1-c1c(C2CC2)n[nH]c1C. The van der Waals surface area contributed by atoms with Gasteiger partial charge < -0.3 is 4.74 Å². The van der Waals surface area contributed by atoms with Crippen molar-refractivity contribution in [1.82, 2.24) is 10.2 Å². The highest BCUT2D eigenvalue weighted by Gasteiger charge is 2.31. The summed E-state index contributed by atoms with van der Waals surface area (Å²) >= 11 is 0. The van der Waals surface area contributed by atoms with Crippen molar-refractivity contribution in [2.45, 2.75) is 25.7 Å². The lowest BCUT2D eigenvalue weighted by molar-refractivity contribution is 0.415. The van der Waals surface area contributed by atoms with Crippen LogP contribution in [0, 0.1) is 12.7 Å². The molecule has 4 heteroatoms. The van der Waals surface area contributed by atoms with Crippen molar-refractivity contribution < 1.29 is 9.13 Å². The van der Waals surface area contributed by atoms with Gasteiger partial charge in [-0.2, -0.15) is 5.10 Å². The molecule has 0 atom stereocenters. The van der Waals surface area contributed by atoms with Crippen LogP contribution in [-0.4, -0.2) is 17.3 Å². The van der Waals surface area contributed by atoms with Crippen LogP contribution in [0.3, 0.4) is 0 Å². The fourth-order valence-electron chi connectivity index (χ4n) is 2.32. The zero-order valence-corrected chi connectivity index (χ0v) is 10.5. The Kier molecular flexibility index (Phi) is 2.58. The van der Waals surface area contributed by atoms with Crippen LogP contribution < -0.4 is 4.74 Å². The van der Waals surface area contributed by atoms with Gasteiger partial charge in [0.05, 0.1) is 12.8 Å². The van der Waals surface area contributed by atoms with Crippen LogP contribution in [0.15, 0.2) is 18.2 Å². The first-order chi connectivity index (χ1) is 8.70. The maximum absolute atomic E-state index is 13.5. The third kappa shape index (κ3) is 1.78. The van der Waals surface area contributed by atoms with Gasteiger partial charge in [-0.25, -0.2) is 4.39 Å². The molecule has 0 bridgehead atoms. The lowest BCUT2D eigenvalue weighted by Crippen LogP contribution is -1.92. The van der Waals surface area contributed by atoms with Crippen molar-refractivity contribution in [3.63, 3.8) is 0 Å². The number of halogens is 1. The van der Waals surface area contributed by atoms with Crippen molar-refractivity contribution in [3.05, 3.63) is 35.4 Å². The van der Waals surface area contributed by atoms with E-state index in [1.807, 2.05) is 6.92 Å². The molecular formula is C14H15FN2O. The zero-order chi connectivity index (χ0) is 12.7. The molecule has 0 spiro atoms. The van der Waals surface area contributed by atoms with Gasteiger partial charge in [-0.05, 0) is 38.0 Å². The van der Waals surface area contributed by atoms with Gasteiger partial charge in [0, 0.05) is 22.7 Å². The summed E-state index contributed by atoms with van der Waals surface area (Å²) in [5.74, 6) is 0.939. The second kappa shape index (κ2) is 4.12. The minimum atomic E-state index is -0.256. The number of rotatable bonds is 3. The largest absolute Gasteiger partial charge is 0.496 e. The summed E-state index contributed by atoms with van der Waals surface area (Å²) in [6.07, 6.45) is 2.32. The highest BCUT2D eigenvalue weighted by molar-refractivity contribution is 5.75. The van der Waals surface area contributed by atoms with Crippen molar-refractivity contribution >= 4 is 0 Å². The summed E-state index contributed by atoms with van der Waals surface area (Å²) in [4.78, 5) is 0. The number of H-pyrrole nitrogens is 1. The van der Waals surface area contributed by atoms with E-state index in [4.69, 9.17) is 4.74 Å². The van der Waals surface area contributed by atoms with E-state index in [9.17, 15) is 4.39 Å². The Morgan fingerprint density at radius 2 is 2.17 bits per heavy atom. The number of ether oxygens (including phenoxy) is 1. The predicted octanol–water partition coefficient (Wildman–Crippen LogP) is 3.41. The molecule has 1 aromatic heterocycles. The number of aromatic nitrogens is 2. The van der Waals surface area contributed by atoms with Gasteiger partial charge in [0.15, 0.2) is 0 Å². The Balaban J connectivity index is 2.19. The number of nitrogens with one attached hydrogen (secondary N) is 1.